The van der Waals surface area contributed by atoms with Crippen LogP contribution in [0.4, 0.5) is 5.00 Å². The van der Waals surface area contributed by atoms with Gasteiger partial charge in [-0.3, -0.25) is 4.79 Å². The van der Waals surface area contributed by atoms with Gasteiger partial charge in [-0.05, 0) is 76.1 Å². The predicted molar refractivity (Wildman–Crippen MR) is 147 cm³/mol. The van der Waals surface area contributed by atoms with Crippen molar-refractivity contribution in [3.63, 3.8) is 0 Å². The van der Waals surface area contributed by atoms with Crippen LogP contribution in [0.3, 0.4) is 0 Å². The first-order chi connectivity index (χ1) is 17.9. The number of aromatic nitrogens is 3. The molecule has 1 amide bonds. The smallest absolute Gasteiger partial charge is 0.341 e. The Bertz CT molecular complexity index is 1270. The van der Waals surface area contributed by atoms with Crippen molar-refractivity contribution in [3.05, 3.63) is 51.2 Å². The summed E-state index contributed by atoms with van der Waals surface area (Å²) in [5.41, 5.74) is 3.85. The van der Waals surface area contributed by atoms with Gasteiger partial charge in [0.25, 0.3) is 0 Å². The average molecular weight is 543 g/mol. The molecule has 0 atom stereocenters. The molecule has 0 spiro atoms. The number of carbonyl (C=O) groups is 2. The minimum atomic E-state index is -0.357. The van der Waals surface area contributed by atoms with Crippen LogP contribution < -0.4 is 10.1 Å². The monoisotopic (exact) mass is 542 g/mol. The molecule has 10 heteroatoms. The van der Waals surface area contributed by atoms with Crippen LogP contribution in [-0.2, 0) is 35.5 Å². The molecule has 0 bridgehead atoms. The van der Waals surface area contributed by atoms with Crippen molar-refractivity contribution in [2.75, 3.05) is 17.7 Å². The quantitative estimate of drug-likeness (QED) is 0.199. The molecule has 1 N–H and O–H groups in total. The van der Waals surface area contributed by atoms with E-state index in [0.29, 0.717) is 41.3 Å². The van der Waals surface area contributed by atoms with E-state index in [-0.39, 0.29) is 17.6 Å². The number of thioether (sulfide) groups is 1. The van der Waals surface area contributed by atoms with Gasteiger partial charge < -0.3 is 19.4 Å². The van der Waals surface area contributed by atoms with Crippen LogP contribution in [0.1, 0.15) is 70.9 Å². The first kappa shape index (κ1) is 27.2. The summed E-state index contributed by atoms with van der Waals surface area (Å²) in [5, 5.41) is 12.8. The van der Waals surface area contributed by atoms with Crippen molar-refractivity contribution in [1.82, 2.24) is 14.8 Å². The SMILES string of the molecule is CCOC(=O)c1c(NC(=O)CSc2nnc(COc3cccc(C)c3C)n2CC)sc2c1CCCCC2. The highest BCUT2D eigenvalue weighted by atomic mass is 32.2. The number of hydrogen-bond donors (Lipinski definition) is 1. The van der Waals surface area contributed by atoms with Crippen molar-refractivity contribution in [2.24, 2.45) is 0 Å². The lowest BCUT2D eigenvalue weighted by Crippen LogP contribution is -2.17. The number of amides is 1. The zero-order chi connectivity index (χ0) is 26.4. The normalized spacial score (nSPS) is 13.1. The van der Waals surface area contributed by atoms with E-state index in [1.165, 1.54) is 33.5 Å². The number of rotatable bonds is 10. The lowest BCUT2D eigenvalue weighted by atomic mass is 10.1. The van der Waals surface area contributed by atoms with Crippen LogP contribution in [0, 0.1) is 13.8 Å². The Morgan fingerprint density at radius 3 is 2.73 bits per heavy atom. The maximum Gasteiger partial charge on any atom is 0.341 e. The van der Waals surface area contributed by atoms with E-state index in [1.807, 2.05) is 30.5 Å². The Kier molecular flexibility index (Phi) is 9.26. The molecule has 37 heavy (non-hydrogen) atoms. The number of thiophene rings is 1. The Hall–Kier alpha value is -2.85. The molecule has 3 aromatic rings. The number of ether oxygens (including phenoxy) is 2. The van der Waals surface area contributed by atoms with E-state index in [4.69, 9.17) is 9.47 Å². The van der Waals surface area contributed by atoms with Crippen LogP contribution in [0.5, 0.6) is 5.75 Å². The zero-order valence-electron chi connectivity index (χ0n) is 21.9. The lowest BCUT2D eigenvalue weighted by molar-refractivity contribution is -0.113. The second-order valence-electron chi connectivity index (χ2n) is 8.96. The minimum absolute atomic E-state index is 0.154. The maximum absolute atomic E-state index is 12.9. The molecule has 0 radical (unpaired) electrons. The molecule has 0 aliphatic heterocycles. The maximum atomic E-state index is 12.9. The summed E-state index contributed by atoms with van der Waals surface area (Å²) in [6.07, 6.45) is 5.07. The van der Waals surface area contributed by atoms with E-state index < -0.39 is 0 Å². The highest BCUT2D eigenvalue weighted by Crippen LogP contribution is 2.38. The van der Waals surface area contributed by atoms with E-state index in [1.54, 1.807) is 6.92 Å². The molecule has 1 aromatic carbocycles. The summed E-state index contributed by atoms with van der Waals surface area (Å²) in [5.74, 6) is 1.14. The van der Waals surface area contributed by atoms with Crippen LogP contribution in [0.25, 0.3) is 0 Å². The van der Waals surface area contributed by atoms with Crippen molar-refractivity contribution >= 4 is 40.0 Å². The topological polar surface area (TPSA) is 95.3 Å². The highest BCUT2D eigenvalue weighted by Gasteiger charge is 2.27. The molecule has 0 saturated carbocycles. The second kappa shape index (κ2) is 12.6. The Morgan fingerprint density at radius 1 is 1.14 bits per heavy atom. The molecular weight excluding hydrogens is 508 g/mol. The third-order valence-corrected chi connectivity index (χ3v) is 8.68. The number of aryl methyl sites for hydroxylation is 2. The third-order valence-electron chi connectivity index (χ3n) is 6.51. The summed E-state index contributed by atoms with van der Waals surface area (Å²) >= 11 is 2.83. The predicted octanol–water partition coefficient (Wildman–Crippen LogP) is 5.73. The molecule has 198 valence electrons. The highest BCUT2D eigenvalue weighted by molar-refractivity contribution is 7.99. The summed E-state index contributed by atoms with van der Waals surface area (Å²) in [7, 11) is 0. The third kappa shape index (κ3) is 6.35. The van der Waals surface area contributed by atoms with E-state index >= 15 is 0 Å². The van der Waals surface area contributed by atoms with Crippen LogP contribution in [0.2, 0.25) is 0 Å². The number of hydrogen-bond acceptors (Lipinski definition) is 8. The van der Waals surface area contributed by atoms with Gasteiger partial charge in [0.05, 0.1) is 17.9 Å². The van der Waals surface area contributed by atoms with Crippen LogP contribution in [0.15, 0.2) is 23.4 Å². The van der Waals surface area contributed by atoms with Crippen LogP contribution >= 0.6 is 23.1 Å². The summed E-state index contributed by atoms with van der Waals surface area (Å²) in [6, 6.07) is 5.98. The van der Waals surface area contributed by atoms with Crippen molar-refractivity contribution in [2.45, 2.75) is 78.1 Å². The van der Waals surface area contributed by atoms with Gasteiger partial charge in [0.2, 0.25) is 5.91 Å². The van der Waals surface area contributed by atoms with Gasteiger partial charge in [-0.2, -0.15) is 0 Å². The van der Waals surface area contributed by atoms with Gasteiger partial charge in [0.15, 0.2) is 11.0 Å². The first-order valence-electron chi connectivity index (χ1n) is 12.8. The molecule has 1 aliphatic carbocycles. The first-order valence-corrected chi connectivity index (χ1v) is 14.6. The number of nitrogens with one attached hydrogen (secondary N) is 1. The van der Waals surface area contributed by atoms with Crippen molar-refractivity contribution in [3.8, 4) is 5.75 Å². The fourth-order valence-corrected chi connectivity index (χ4v) is 6.53. The molecule has 0 saturated heterocycles. The molecule has 0 unspecified atom stereocenters. The fourth-order valence-electron chi connectivity index (χ4n) is 4.42. The van der Waals surface area contributed by atoms with Gasteiger partial charge >= 0.3 is 5.97 Å². The van der Waals surface area contributed by atoms with Crippen LogP contribution in [-0.4, -0.2) is 39.0 Å². The van der Waals surface area contributed by atoms with Crippen molar-refractivity contribution < 1.29 is 19.1 Å². The molecular formula is C27H34N4O4S2. The number of anilines is 1. The van der Waals surface area contributed by atoms with E-state index in [2.05, 4.69) is 28.5 Å². The molecule has 2 aromatic heterocycles. The molecule has 4 rings (SSSR count). The Balaban J connectivity index is 1.42. The summed E-state index contributed by atoms with van der Waals surface area (Å²) in [4.78, 5) is 26.9. The minimum Gasteiger partial charge on any atom is -0.485 e. The van der Waals surface area contributed by atoms with Gasteiger partial charge in [0.1, 0.15) is 17.4 Å². The van der Waals surface area contributed by atoms with Gasteiger partial charge in [-0.15, -0.1) is 21.5 Å². The molecule has 0 fully saturated rings. The van der Waals surface area contributed by atoms with Crippen molar-refractivity contribution in [1.29, 1.82) is 0 Å². The van der Waals surface area contributed by atoms with E-state index in [9.17, 15) is 9.59 Å². The van der Waals surface area contributed by atoms with Gasteiger partial charge in [0, 0.05) is 11.4 Å². The molecule has 1 aliphatic rings. The largest absolute Gasteiger partial charge is 0.485 e. The Morgan fingerprint density at radius 2 is 1.95 bits per heavy atom. The number of benzene rings is 1. The van der Waals surface area contributed by atoms with Gasteiger partial charge in [-0.25, -0.2) is 4.79 Å². The Labute approximate surface area is 226 Å². The number of nitrogens with zero attached hydrogens (tertiary/aromatic N) is 3. The van der Waals surface area contributed by atoms with Gasteiger partial charge in [-0.1, -0.05) is 30.3 Å². The fraction of sp³-hybridized carbons (Fsp3) is 0.481. The standard InChI is InChI=1S/C27H34N4O4S2/c1-5-31-22(15-35-20-13-10-11-17(3)18(20)4)29-30-27(31)36-16-23(32)28-25-24(26(33)34-6-2)19-12-8-7-9-14-21(19)37-25/h10-11,13H,5-9,12,14-16H2,1-4H3,(H,28,32). The lowest BCUT2D eigenvalue weighted by Gasteiger charge is -2.12. The molecule has 8 nitrogen and oxygen atoms in total. The number of carbonyl (C=O) groups excluding carboxylic acids is 2. The molecule has 2 heterocycles. The zero-order valence-corrected chi connectivity index (χ0v) is 23.5. The number of fused-ring (bicyclic) bond motifs is 1. The van der Waals surface area contributed by atoms with E-state index in [0.717, 1.165) is 49.0 Å². The summed E-state index contributed by atoms with van der Waals surface area (Å²) in [6.45, 7) is 9.15. The summed E-state index contributed by atoms with van der Waals surface area (Å²) < 4.78 is 13.3. The number of esters is 1. The average Bonchev–Trinajstić information content (AvgIpc) is 3.35. The second-order valence-corrected chi connectivity index (χ2v) is 11.0.